The number of primary amides is 1. The largest absolute Gasteiger partial charge is 0.489 e. The van der Waals surface area contributed by atoms with E-state index in [-0.39, 0.29) is 36.1 Å². The van der Waals surface area contributed by atoms with Gasteiger partial charge in [0, 0.05) is 24.8 Å². The maximum absolute atomic E-state index is 13.5. The van der Waals surface area contributed by atoms with Gasteiger partial charge in [-0.05, 0) is 43.9 Å². The number of hydrogen-bond donors (Lipinski definition) is 2. The molecule has 2 aliphatic rings. The van der Waals surface area contributed by atoms with Crippen molar-refractivity contribution in [3.8, 4) is 17.1 Å². The van der Waals surface area contributed by atoms with Gasteiger partial charge in [-0.25, -0.2) is 0 Å². The molecule has 41 heavy (non-hydrogen) atoms. The van der Waals surface area contributed by atoms with E-state index >= 15 is 0 Å². The third-order valence-corrected chi connectivity index (χ3v) is 6.93. The molecule has 1 saturated heterocycles. The van der Waals surface area contributed by atoms with E-state index in [1.54, 1.807) is 19.1 Å². The molecule has 2 aromatic carbocycles. The fourth-order valence-electron chi connectivity index (χ4n) is 4.92. The first-order valence-electron chi connectivity index (χ1n) is 13.1. The molecule has 0 saturated carbocycles. The number of aromatic nitrogens is 4. The number of imide groups is 2. The summed E-state index contributed by atoms with van der Waals surface area (Å²) < 4.78 is 6.32. The Kier molecular flexibility index (Phi) is 7.77. The Balaban J connectivity index is 1.37. The second-order valence-corrected chi connectivity index (χ2v) is 9.90. The molecule has 3 aromatic rings. The van der Waals surface area contributed by atoms with Gasteiger partial charge < -0.3 is 10.5 Å². The standard InChI is InChI=1S/C28H27N7O6/c1-15-31-33-25(34-32-15)17-10-8-16(9-11-17)14-18(4-2-7-22(29)36)41-21-6-3-5-19-24(21)28(40)35(27(19)39)20-12-13-23(37)30-26(20)38/h3,5-6,8-11,18,20H,2,4,7,12-14H2,1H3,(H2,29,36)(H,30,37,38). The molecule has 2 atom stereocenters. The number of carbonyl (C=O) groups is 5. The number of benzene rings is 2. The molecule has 13 nitrogen and oxygen atoms in total. The van der Waals surface area contributed by atoms with Crippen molar-refractivity contribution in [3.05, 3.63) is 65.0 Å². The fourth-order valence-corrected chi connectivity index (χ4v) is 4.92. The van der Waals surface area contributed by atoms with Gasteiger partial charge in [-0.1, -0.05) is 30.3 Å². The Morgan fingerprint density at radius 1 is 1.05 bits per heavy atom. The zero-order valence-corrected chi connectivity index (χ0v) is 22.2. The summed E-state index contributed by atoms with van der Waals surface area (Å²) in [5, 5.41) is 18.1. The van der Waals surface area contributed by atoms with Crippen LogP contribution < -0.4 is 15.8 Å². The molecular weight excluding hydrogens is 530 g/mol. The lowest BCUT2D eigenvalue weighted by atomic mass is 10.0. The van der Waals surface area contributed by atoms with Gasteiger partial charge in [-0.15, -0.1) is 20.4 Å². The zero-order chi connectivity index (χ0) is 29.1. The summed E-state index contributed by atoms with van der Waals surface area (Å²) >= 11 is 0. The molecule has 3 heterocycles. The van der Waals surface area contributed by atoms with Crippen LogP contribution in [0.1, 0.15) is 64.2 Å². The Hall–Kier alpha value is -5.07. The van der Waals surface area contributed by atoms with Crippen LogP contribution in [0.15, 0.2) is 42.5 Å². The van der Waals surface area contributed by atoms with Crippen molar-refractivity contribution >= 4 is 29.5 Å². The minimum Gasteiger partial charge on any atom is -0.489 e. The van der Waals surface area contributed by atoms with E-state index in [0.717, 1.165) is 16.0 Å². The van der Waals surface area contributed by atoms with Crippen LogP contribution in [0.4, 0.5) is 0 Å². The lowest BCUT2D eigenvalue weighted by Crippen LogP contribution is -2.54. The first-order chi connectivity index (χ1) is 19.7. The first kappa shape index (κ1) is 27.5. The molecule has 2 unspecified atom stereocenters. The van der Waals surface area contributed by atoms with Crippen molar-refractivity contribution in [1.82, 2.24) is 30.6 Å². The molecule has 0 spiro atoms. The number of hydrogen-bond acceptors (Lipinski definition) is 10. The minimum absolute atomic E-state index is 0.0248. The summed E-state index contributed by atoms with van der Waals surface area (Å²) in [4.78, 5) is 63.0. The summed E-state index contributed by atoms with van der Waals surface area (Å²) in [5.41, 5.74) is 7.16. The van der Waals surface area contributed by atoms with Crippen LogP contribution in [0.5, 0.6) is 5.75 Å². The SMILES string of the molecule is Cc1nnc(-c2ccc(CC(CCCC(N)=O)Oc3cccc4c3C(=O)N(C3CCC(=O)NC3=O)C4=O)cc2)nn1. The van der Waals surface area contributed by atoms with Crippen LogP contribution in [0.3, 0.4) is 0 Å². The van der Waals surface area contributed by atoms with E-state index in [0.29, 0.717) is 30.9 Å². The van der Waals surface area contributed by atoms with Gasteiger partial charge in [0.2, 0.25) is 23.5 Å². The fraction of sp³-hybridized carbons (Fsp3) is 0.321. The highest BCUT2D eigenvalue weighted by atomic mass is 16.5. The van der Waals surface area contributed by atoms with Gasteiger partial charge in [0.1, 0.15) is 17.9 Å². The van der Waals surface area contributed by atoms with Gasteiger partial charge in [-0.2, -0.15) is 0 Å². The van der Waals surface area contributed by atoms with E-state index in [2.05, 4.69) is 25.7 Å². The van der Waals surface area contributed by atoms with Crippen molar-refractivity contribution in [3.63, 3.8) is 0 Å². The molecule has 5 amide bonds. The quantitative estimate of drug-likeness (QED) is 0.344. The van der Waals surface area contributed by atoms with Crippen molar-refractivity contribution in [1.29, 1.82) is 0 Å². The minimum atomic E-state index is -1.08. The van der Waals surface area contributed by atoms with Crippen LogP contribution in [-0.2, 0) is 20.8 Å². The second kappa shape index (κ2) is 11.6. The van der Waals surface area contributed by atoms with E-state index in [1.807, 2.05) is 24.3 Å². The van der Waals surface area contributed by atoms with Crippen molar-refractivity contribution < 1.29 is 28.7 Å². The lowest BCUT2D eigenvalue weighted by Gasteiger charge is -2.28. The highest BCUT2D eigenvalue weighted by Gasteiger charge is 2.46. The van der Waals surface area contributed by atoms with Crippen molar-refractivity contribution in [2.45, 2.75) is 57.6 Å². The van der Waals surface area contributed by atoms with Crippen LogP contribution in [0.2, 0.25) is 0 Å². The van der Waals surface area contributed by atoms with Crippen LogP contribution in [-0.4, -0.2) is 67.0 Å². The predicted molar refractivity (Wildman–Crippen MR) is 142 cm³/mol. The Labute approximate surface area is 234 Å². The van der Waals surface area contributed by atoms with Gasteiger partial charge in [0.05, 0.1) is 11.1 Å². The third-order valence-electron chi connectivity index (χ3n) is 6.93. The van der Waals surface area contributed by atoms with Crippen LogP contribution in [0.25, 0.3) is 11.4 Å². The predicted octanol–water partition coefficient (Wildman–Crippen LogP) is 1.29. The number of fused-ring (bicyclic) bond motifs is 1. The molecule has 210 valence electrons. The summed E-state index contributed by atoms with van der Waals surface area (Å²) in [6, 6.07) is 11.1. The molecule has 0 radical (unpaired) electrons. The van der Waals surface area contributed by atoms with Crippen molar-refractivity contribution in [2.75, 3.05) is 0 Å². The summed E-state index contributed by atoms with van der Waals surface area (Å²) in [6.07, 6.45) is 1.09. The van der Waals surface area contributed by atoms with Crippen LogP contribution in [0, 0.1) is 6.92 Å². The number of nitrogens with one attached hydrogen (secondary N) is 1. The number of nitrogens with two attached hydrogens (primary N) is 1. The average Bonchev–Trinajstić information content (AvgIpc) is 3.19. The normalized spacial score (nSPS) is 17.3. The number of piperidine rings is 1. The van der Waals surface area contributed by atoms with Gasteiger partial charge in [0.25, 0.3) is 11.8 Å². The van der Waals surface area contributed by atoms with Crippen molar-refractivity contribution in [2.24, 2.45) is 5.73 Å². The summed E-state index contributed by atoms with van der Waals surface area (Å²) in [7, 11) is 0. The van der Waals surface area contributed by atoms with E-state index in [4.69, 9.17) is 10.5 Å². The number of aryl methyl sites for hydroxylation is 1. The third kappa shape index (κ3) is 5.93. The van der Waals surface area contributed by atoms with E-state index < -0.39 is 41.7 Å². The lowest BCUT2D eigenvalue weighted by molar-refractivity contribution is -0.136. The number of rotatable bonds is 10. The number of carbonyl (C=O) groups excluding carboxylic acids is 5. The van der Waals surface area contributed by atoms with Gasteiger partial charge in [-0.3, -0.25) is 34.2 Å². The smallest absolute Gasteiger partial charge is 0.266 e. The molecule has 1 aromatic heterocycles. The zero-order valence-electron chi connectivity index (χ0n) is 22.2. The Morgan fingerprint density at radius 2 is 1.78 bits per heavy atom. The second-order valence-electron chi connectivity index (χ2n) is 9.90. The topological polar surface area (TPSA) is 187 Å². The Bertz CT molecular complexity index is 1520. The first-order valence-corrected chi connectivity index (χ1v) is 13.1. The van der Waals surface area contributed by atoms with Gasteiger partial charge in [0.15, 0.2) is 5.82 Å². The van der Waals surface area contributed by atoms with Gasteiger partial charge >= 0.3 is 0 Å². The molecular formula is C28H27N7O6. The molecule has 13 heteroatoms. The molecule has 2 aliphatic heterocycles. The number of amides is 5. The maximum atomic E-state index is 13.5. The Morgan fingerprint density at radius 3 is 2.46 bits per heavy atom. The van der Waals surface area contributed by atoms with E-state index in [9.17, 15) is 24.0 Å². The molecule has 5 rings (SSSR count). The van der Waals surface area contributed by atoms with Crippen LogP contribution >= 0.6 is 0 Å². The monoisotopic (exact) mass is 557 g/mol. The van der Waals surface area contributed by atoms with E-state index in [1.165, 1.54) is 6.07 Å². The average molecular weight is 558 g/mol. The number of ether oxygens (including phenoxy) is 1. The molecule has 1 fully saturated rings. The summed E-state index contributed by atoms with van der Waals surface area (Å²) in [5.74, 6) is -1.79. The molecule has 3 N–H and O–H groups in total. The highest BCUT2D eigenvalue weighted by Crippen LogP contribution is 2.34. The number of nitrogens with zero attached hydrogens (tertiary/aromatic N) is 5. The summed E-state index contributed by atoms with van der Waals surface area (Å²) in [6.45, 7) is 1.70. The maximum Gasteiger partial charge on any atom is 0.266 e. The highest BCUT2D eigenvalue weighted by molar-refractivity contribution is 6.24. The molecule has 0 bridgehead atoms. The molecule has 0 aliphatic carbocycles.